The Kier molecular flexibility index (Phi) is 8.21. The molecule has 0 aromatic heterocycles. The van der Waals surface area contributed by atoms with E-state index in [0.717, 1.165) is 0 Å². The van der Waals surface area contributed by atoms with Gasteiger partial charge in [0.05, 0.1) is 12.0 Å². The third-order valence-electron chi connectivity index (χ3n) is 3.11. The van der Waals surface area contributed by atoms with Crippen molar-refractivity contribution in [1.29, 1.82) is 0 Å². The first-order chi connectivity index (χ1) is 9.90. The number of carbonyl (C=O) groups excluding carboxylic acids is 1. The molecule has 1 aromatic carbocycles. The minimum absolute atomic E-state index is 0. The van der Waals surface area contributed by atoms with E-state index in [4.69, 9.17) is 15.2 Å². The van der Waals surface area contributed by atoms with Gasteiger partial charge in [-0.1, -0.05) is 0 Å². The van der Waals surface area contributed by atoms with Gasteiger partial charge < -0.3 is 20.1 Å². The van der Waals surface area contributed by atoms with Crippen molar-refractivity contribution in [2.75, 3.05) is 27.3 Å². The zero-order valence-corrected chi connectivity index (χ0v) is 13.5. The van der Waals surface area contributed by atoms with Gasteiger partial charge in [0, 0.05) is 31.8 Å². The molecule has 1 aromatic rings. The van der Waals surface area contributed by atoms with Gasteiger partial charge in [-0.05, 0) is 13.0 Å². The Morgan fingerprint density at radius 3 is 2.64 bits per heavy atom. The van der Waals surface area contributed by atoms with Crippen molar-refractivity contribution in [3.8, 4) is 11.5 Å². The first kappa shape index (κ1) is 19.9. The van der Waals surface area contributed by atoms with Crippen LogP contribution >= 0.6 is 12.4 Å². The predicted molar refractivity (Wildman–Crippen MR) is 83.7 cm³/mol. The van der Waals surface area contributed by atoms with Crippen molar-refractivity contribution >= 4 is 24.0 Å². The number of carbonyl (C=O) groups is 1. The minimum atomic E-state index is -0.551. The number of nitrogens with two attached hydrogens (primary N) is 1. The predicted octanol–water partition coefficient (Wildman–Crippen LogP) is 1.21. The van der Waals surface area contributed by atoms with Crippen LogP contribution in [0.3, 0.4) is 0 Å². The van der Waals surface area contributed by atoms with Crippen LogP contribution in [0.4, 0.5) is 5.69 Å². The van der Waals surface area contributed by atoms with Gasteiger partial charge in [-0.25, -0.2) is 0 Å². The van der Waals surface area contributed by atoms with E-state index in [1.807, 2.05) is 6.92 Å². The second-order valence-electron chi connectivity index (χ2n) is 4.47. The molecule has 0 radical (unpaired) electrons. The van der Waals surface area contributed by atoms with Crippen LogP contribution in [0.15, 0.2) is 18.2 Å². The number of likely N-dealkylation sites (N-methyl/N-ethyl adjacent to an activating group) is 1. The van der Waals surface area contributed by atoms with Crippen molar-refractivity contribution in [3.63, 3.8) is 0 Å². The summed E-state index contributed by atoms with van der Waals surface area (Å²) < 4.78 is 10.2. The lowest BCUT2D eigenvalue weighted by molar-refractivity contribution is -0.385. The Bertz CT molecular complexity index is 526. The zero-order chi connectivity index (χ0) is 16.0. The lowest BCUT2D eigenvalue weighted by Crippen LogP contribution is -2.42. The molecule has 0 aliphatic rings. The summed E-state index contributed by atoms with van der Waals surface area (Å²) in [4.78, 5) is 23.6. The second kappa shape index (κ2) is 9.06. The van der Waals surface area contributed by atoms with Crippen LogP contribution < -0.4 is 15.2 Å². The van der Waals surface area contributed by atoms with Crippen LogP contribution in [0.5, 0.6) is 11.5 Å². The van der Waals surface area contributed by atoms with Gasteiger partial charge in [-0.3, -0.25) is 14.9 Å². The number of nitrogens with zero attached hydrogens (tertiary/aromatic N) is 2. The summed E-state index contributed by atoms with van der Waals surface area (Å²) in [7, 11) is 2.97. The number of nitro groups is 1. The lowest BCUT2D eigenvalue weighted by atomic mass is 10.3. The molecule has 0 aliphatic carbocycles. The first-order valence-corrected chi connectivity index (χ1v) is 6.31. The number of hydrogen-bond donors (Lipinski definition) is 1. The molecule has 1 amide bonds. The highest BCUT2D eigenvalue weighted by molar-refractivity contribution is 5.85. The Labute approximate surface area is 134 Å². The van der Waals surface area contributed by atoms with Crippen LogP contribution in [0.2, 0.25) is 0 Å². The van der Waals surface area contributed by atoms with Crippen molar-refractivity contribution in [2.45, 2.75) is 13.0 Å². The fourth-order valence-corrected chi connectivity index (χ4v) is 1.55. The number of nitro benzene ring substituents is 1. The van der Waals surface area contributed by atoms with Crippen molar-refractivity contribution in [3.05, 3.63) is 28.3 Å². The normalized spacial score (nSPS) is 11.1. The molecule has 0 aliphatic heterocycles. The molecule has 1 rings (SSSR count). The molecule has 0 spiro atoms. The van der Waals surface area contributed by atoms with E-state index in [1.165, 1.54) is 30.2 Å². The lowest BCUT2D eigenvalue weighted by Gasteiger charge is -2.23. The third kappa shape index (κ3) is 5.05. The fraction of sp³-hybridized carbons (Fsp3) is 0.462. The van der Waals surface area contributed by atoms with Crippen molar-refractivity contribution in [2.24, 2.45) is 5.73 Å². The fourth-order valence-electron chi connectivity index (χ4n) is 1.55. The van der Waals surface area contributed by atoms with Crippen molar-refractivity contribution in [1.82, 2.24) is 4.90 Å². The maximum absolute atomic E-state index is 11.9. The summed E-state index contributed by atoms with van der Waals surface area (Å²) in [5, 5.41) is 10.8. The van der Waals surface area contributed by atoms with Gasteiger partial charge in [0.15, 0.2) is 6.61 Å². The monoisotopic (exact) mass is 333 g/mol. The van der Waals surface area contributed by atoms with E-state index in [2.05, 4.69) is 0 Å². The minimum Gasteiger partial charge on any atom is -0.490 e. The molecule has 1 unspecified atom stereocenters. The van der Waals surface area contributed by atoms with E-state index in [9.17, 15) is 14.9 Å². The smallest absolute Gasteiger partial charge is 0.311 e. The quantitative estimate of drug-likeness (QED) is 0.593. The maximum atomic E-state index is 11.9. The number of amides is 1. The largest absolute Gasteiger partial charge is 0.490 e. The molecule has 1 atom stereocenters. The van der Waals surface area contributed by atoms with E-state index >= 15 is 0 Å². The molecule has 0 heterocycles. The summed E-state index contributed by atoms with van der Waals surface area (Å²) >= 11 is 0. The molecule has 2 N–H and O–H groups in total. The second-order valence-corrected chi connectivity index (χ2v) is 4.47. The molecule has 9 heteroatoms. The number of halogens is 1. The van der Waals surface area contributed by atoms with E-state index < -0.39 is 4.92 Å². The molecule has 124 valence electrons. The molecule has 0 saturated carbocycles. The van der Waals surface area contributed by atoms with E-state index in [1.54, 1.807) is 7.05 Å². The molecule has 0 saturated heterocycles. The van der Waals surface area contributed by atoms with Gasteiger partial charge >= 0.3 is 5.69 Å². The third-order valence-corrected chi connectivity index (χ3v) is 3.11. The average molecular weight is 334 g/mol. The number of benzene rings is 1. The number of ether oxygens (including phenoxy) is 2. The Hall–Kier alpha value is -2.06. The SMILES string of the molecule is COc1cc(OCC(=O)N(C)C(C)CN)ccc1[N+](=O)[O-].Cl. The molecule has 22 heavy (non-hydrogen) atoms. The van der Waals surface area contributed by atoms with Crippen LogP contribution in [0.1, 0.15) is 6.92 Å². The number of hydrogen-bond acceptors (Lipinski definition) is 6. The highest BCUT2D eigenvalue weighted by atomic mass is 35.5. The first-order valence-electron chi connectivity index (χ1n) is 6.31. The molecular weight excluding hydrogens is 314 g/mol. The number of rotatable bonds is 7. The Morgan fingerprint density at radius 2 is 2.14 bits per heavy atom. The summed E-state index contributed by atoms with van der Waals surface area (Å²) in [5.41, 5.74) is 5.32. The Morgan fingerprint density at radius 1 is 1.50 bits per heavy atom. The van der Waals surface area contributed by atoms with Gasteiger partial charge in [-0.2, -0.15) is 0 Å². The number of methoxy groups -OCH3 is 1. The van der Waals surface area contributed by atoms with Gasteiger partial charge in [0.2, 0.25) is 5.75 Å². The summed E-state index contributed by atoms with van der Waals surface area (Å²) in [6, 6.07) is 3.97. The van der Waals surface area contributed by atoms with E-state index in [-0.39, 0.29) is 42.4 Å². The van der Waals surface area contributed by atoms with Crippen LogP contribution in [0, 0.1) is 10.1 Å². The van der Waals surface area contributed by atoms with Gasteiger partial charge in [0.1, 0.15) is 5.75 Å². The summed E-state index contributed by atoms with van der Waals surface area (Å²) in [6.45, 7) is 2.00. The van der Waals surface area contributed by atoms with Crippen LogP contribution in [-0.2, 0) is 4.79 Å². The van der Waals surface area contributed by atoms with Crippen molar-refractivity contribution < 1.29 is 19.2 Å². The highest BCUT2D eigenvalue weighted by Gasteiger charge is 2.17. The average Bonchev–Trinajstić information content (AvgIpc) is 2.50. The maximum Gasteiger partial charge on any atom is 0.311 e. The highest BCUT2D eigenvalue weighted by Crippen LogP contribution is 2.30. The molecule has 0 bridgehead atoms. The molecule has 8 nitrogen and oxygen atoms in total. The Balaban J connectivity index is 0.00000441. The summed E-state index contributed by atoms with van der Waals surface area (Å²) in [5.74, 6) is 0.165. The van der Waals surface area contributed by atoms with E-state index in [0.29, 0.717) is 12.3 Å². The standard InChI is InChI=1S/C13H19N3O5.ClH/c1-9(7-14)15(2)13(17)8-21-10-4-5-11(16(18)19)12(6-10)20-3;/h4-6,9H,7-8,14H2,1-3H3;1H. The van der Waals surface area contributed by atoms with Gasteiger partial charge in [-0.15, -0.1) is 12.4 Å². The van der Waals surface area contributed by atoms with Gasteiger partial charge in [0.25, 0.3) is 5.91 Å². The molecule has 0 fully saturated rings. The molecular formula is C13H20ClN3O5. The summed E-state index contributed by atoms with van der Waals surface area (Å²) in [6.07, 6.45) is 0. The zero-order valence-electron chi connectivity index (χ0n) is 12.6. The van der Waals surface area contributed by atoms with Crippen LogP contribution in [-0.4, -0.2) is 49.1 Å². The topological polar surface area (TPSA) is 108 Å². The van der Waals surface area contributed by atoms with Crippen LogP contribution in [0.25, 0.3) is 0 Å².